The van der Waals surface area contributed by atoms with Crippen molar-refractivity contribution in [2.75, 3.05) is 0 Å². The third-order valence-corrected chi connectivity index (χ3v) is 4.52. The largest absolute Gasteiger partial charge is 0.416 e. The molecule has 7 heteroatoms. The number of benzene rings is 1. The molecular formula is C18H19F3N2O2. The lowest BCUT2D eigenvalue weighted by Gasteiger charge is -2.10. The first-order chi connectivity index (χ1) is 11.9. The van der Waals surface area contributed by atoms with E-state index >= 15 is 0 Å². The number of hydrogen-bond donors (Lipinski definition) is 1. The molecule has 0 bridgehead atoms. The molecule has 4 nitrogen and oxygen atoms in total. The van der Waals surface area contributed by atoms with E-state index in [0.29, 0.717) is 23.3 Å². The minimum atomic E-state index is -4.39. The predicted molar refractivity (Wildman–Crippen MR) is 86.0 cm³/mol. The Balaban J connectivity index is 1.85. The van der Waals surface area contributed by atoms with Crippen molar-refractivity contribution in [1.29, 1.82) is 0 Å². The number of aromatic nitrogens is 1. The van der Waals surface area contributed by atoms with Crippen molar-refractivity contribution < 1.29 is 22.5 Å². The molecule has 0 atom stereocenters. The molecule has 1 saturated carbocycles. The van der Waals surface area contributed by atoms with Gasteiger partial charge in [0.15, 0.2) is 11.5 Å². The number of nitrogens with one attached hydrogen (secondary N) is 1. The summed E-state index contributed by atoms with van der Waals surface area (Å²) in [7, 11) is 0. The van der Waals surface area contributed by atoms with Crippen molar-refractivity contribution in [3.63, 3.8) is 0 Å². The number of alkyl halides is 3. The number of rotatable bonds is 4. The highest BCUT2D eigenvalue weighted by Crippen LogP contribution is 2.33. The van der Waals surface area contributed by atoms with Gasteiger partial charge in [0.25, 0.3) is 5.91 Å². The number of nitrogens with zero attached hydrogens (tertiary/aromatic N) is 1. The minimum Gasteiger partial charge on any atom is -0.355 e. The highest BCUT2D eigenvalue weighted by atomic mass is 19.4. The van der Waals surface area contributed by atoms with Crippen molar-refractivity contribution in [3.05, 3.63) is 41.1 Å². The molecule has 1 fully saturated rings. The Labute approximate surface area is 143 Å². The van der Waals surface area contributed by atoms with Crippen LogP contribution in [0.25, 0.3) is 11.3 Å². The van der Waals surface area contributed by atoms with E-state index < -0.39 is 11.7 Å². The molecule has 3 rings (SSSR count). The highest BCUT2D eigenvalue weighted by molar-refractivity contribution is 5.95. The summed E-state index contributed by atoms with van der Waals surface area (Å²) in [5.74, 6) is 0.0541. The summed E-state index contributed by atoms with van der Waals surface area (Å²) in [5, 5.41) is 6.82. The smallest absolute Gasteiger partial charge is 0.355 e. The fourth-order valence-electron chi connectivity index (χ4n) is 3.18. The van der Waals surface area contributed by atoms with E-state index in [1.54, 1.807) is 0 Å². The van der Waals surface area contributed by atoms with Crippen LogP contribution >= 0.6 is 0 Å². The van der Waals surface area contributed by atoms with Gasteiger partial charge < -0.3 is 9.84 Å². The number of halogens is 3. The fourth-order valence-corrected chi connectivity index (χ4v) is 3.18. The normalized spacial score (nSPS) is 15.5. The lowest BCUT2D eigenvalue weighted by atomic mass is 10.0. The van der Waals surface area contributed by atoms with Gasteiger partial charge in [-0.15, -0.1) is 0 Å². The van der Waals surface area contributed by atoms with Crippen LogP contribution in [0.3, 0.4) is 0 Å². The Bertz CT molecular complexity index is 745. The Morgan fingerprint density at radius 1 is 1.24 bits per heavy atom. The number of carbonyl (C=O) groups is 1. The second kappa shape index (κ2) is 6.90. The van der Waals surface area contributed by atoms with Gasteiger partial charge in [0.05, 0.1) is 5.56 Å². The van der Waals surface area contributed by atoms with Crippen LogP contribution in [0.1, 0.15) is 54.2 Å². The molecule has 1 amide bonds. The van der Waals surface area contributed by atoms with Crippen molar-refractivity contribution in [1.82, 2.24) is 10.5 Å². The van der Waals surface area contributed by atoms with Gasteiger partial charge in [-0.1, -0.05) is 37.1 Å². The Hall–Kier alpha value is -2.31. The molecule has 0 aliphatic heterocycles. The fraction of sp³-hybridized carbons (Fsp3) is 0.444. The van der Waals surface area contributed by atoms with E-state index in [0.717, 1.165) is 37.8 Å². The Morgan fingerprint density at radius 2 is 1.88 bits per heavy atom. The second-order valence-corrected chi connectivity index (χ2v) is 6.22. The van der Waals surface area contributed by atoms with E-state index in [9.17, 15) is 18.0 Å². The Kier molecular flexibility index (Phi) is 4.83. The van der Waals surface area contributed by atoms with Gasteiger partial charge in [-0.3, -0.25) is 4.79 Å². The number of carbonyl (C=O) groups excluding carboxylic acids is 1. The monoisotopic (exact) mass is 352 g/mol. The summed E-state index contributed by atoms with van der Waals surface area (Å²) in [6.07, 6.45) is 0.211. The third-order valence-electron chi connectivity index (χ3n) is 4.52. The van der Waals surface area contributed by atoms with Crippen LogP contribution < -0.4 is 5.32 Å². The van der Waals surface area contributed by atoms with E-state index in [-0.39, 0.29) is 17.6 Å². The molecule has 0 radical (unpaired) electrons. The molecule has 1 aliphatic carbocycles. The van der Waals surface area contributed by atoms with Crippen LogP contribution in [0.2, 0.25) is 0 Å². The van der Waals surface area contributed by atoms with Crippen LogP contribution in [-0.2, 0) is 12.6 Å². The standard InChI is InChI=1S/C18H19F3N2O2/c1-2-14-15(17(24)22-13-5-3-4-6-13)23-25-16(14)11-7-9-12(10-8-11)18(19,20)21/h7-10,13H,2-6H2,1H3,(H,22,24). The molecule has 0 saturated heterocycles. The molecule has 1 aromatic carbocycles. The first kappa shape index (κ1) is 17.5. The Morgan fingerprint density at radius 3 is 2.44 bits per heavy atom. The van der Waals surface area contributed by atoms with Crippen LogP contribution in [0.15, 0.2) is 28.8 Å². The maximum absolute atomic E-state index is 12.7. The van der Waals surface area contributed by atoms with E-state index in [2.05, 4.69) is 10.5 Å². The maximum Gasteiger partial charge on any atom is 0.416 e. The zero-order valence-electron chi connectivity index (χ0n) is 13.8. The van der Waals surface area contributed by atoms with Gasteiger partial charge in [0.1, 0.15) is 0 Å². The zero-order valence-corrected chi connectivity index (χ0v) is 13.8. The average Bonchev–Trinajstić information content (AvgIpc) is 3.22. The van der Waals surface area contributed by atoms with Crippen molar-refractivity contribution >= 4 is 5.91 Å². The molecule has 134 valence electrons. The molecule has 25 heavy (non-hydrogen) atoms. The van der Waals surface area contributed by atoms with Gasteiger partial charge in [-0.25, -0.2) is 0 Å². The first-order valence-corrected chi connectivity index (χ1v) is 8.37. The highest BCUT2D eigenvalue weighted by Gasteiger charge is 2.30. The van der Waals surface area contributed by atoms with Gasteiger partial charge in [-0.05, 0) is 31.4 Å². The molecule has 1 aliphatic rings. The van der Waals surface area contributed by atoms with Crippen molar-refractivity contribution in [2.45, 2.75) is 51.2 Å². The van der Waals surface area contributed by atoms with Crippen LogP contribution in [-0.4, -0.2) is 17.1 Å². The number of hydrogen-bond acceptors (Lipinski definition) is 3. The SMILES string of the molecule is CCc1c(C(=O)NC2CCCC2)noc1-c1ccc(C(F)(F)F)cc1. The molecule has 1 aromatic heterocycles. The number of amides is 1. The average molecular weight is 352 g/mol. The van der Waals surface area contributed by atoms with Gasteiger partial charge in [-0.2, -0.15) is 13.2 Å². The zero-order chi connectivity index (χ0) is 18.0. The molecule has 1 N–H and O–H groups in total. The lowest BCUT2D eigenvalue weighted by molar-refractivity contribution is -0.137. The van der Waals surface area contributed by atoms with E-state index in [1.807, 2.05) is 6.92 Å². The maximum atomic E-state index is 12.7. The summed E-state index contributed by atoms with van der Waals surface area (Å²) >= 11 is 0. The predicted octanol–water partition coefficient (Wildman–Crippen LogP) is 4.60. The molecule has 0 spiro atoms. The van der Waals surface area contributed by atoms with Crippen LogP contribution in [0.5, 0.6) is 0 Å². The van der Waals surface area contributed by atoms with E-state index in [4.69, 9.17) is 4.52 Å². The second-order valence-electron chi connectivity index (χ2n) is 6.22. The third kappa shape index (κ3) is 3.70. The summed E-state index contributed by atoms with van der Waals surface area (Å²) in [6, 6.07) is 4.82. The minimum absolute atomic E-state index is 0.156. The first-order valence-electron chi connectivity index (χ1n) is 8.37. The quantitative estimate of drug-likeness (QED) is 0.875. The summed E-state index contributed by atoms with van der Waals surface area (Å²) in [5.41, 5.74) is 0.560. The van der Waals surface area contributed by atoms with Gasteiger partial charge >= 0.3 is 6.18 Å². The molecule has 1 heterocycles. The summed E-state index contributed by atoms with van der Waals surface area (Å²) < 4.78 is 43.3. The van der Waals surface area contributed by atoms with Gasteiger partial charge in [0, 0.05) is 17.2 Å². The molecule has 0 unspecified atom stereocenters. The van der Waals surface area contributed by atoms with Crippen LogP contribution in [0, 0.1) is 0 Å². The van der Waals surface area contributed by atoms with E-state index in [1.165, 1.54) is 12.1 Å². The lowest BCUT2D eigenvalue weighted by Crippen LogP contribution is -2.33. The van der Waals surface area contributed by atoms with Crippen LogP contribution in [0.4, 0.5) is 13.2 Å². The topological polar surface area (TPSA) is 55.1 Å². The summed E-state index contributed by atoms with van der Waals surface area (Å²) in [6.45, 7) is 1.85. The molecule has 2 aromatic rings. The van der Waals surface area contributed by atoms with Gasteiger partial charge in [0.2, 0.25) is 0 Å². The van der Waals surface area contributed by atoms with Crippen molar-refractivity contribution in [3.8, 4) is 11.3 Å². The summed E-state index contributed by atoms with van der Waals surface area (Å²) in [4.78, 5) is 12.4. The van der Waals surface area contributed by atoms with Crippen molar-refractivity contribution in [2.24, 2.45) is 0 Å². The molecular weight excluding hydrogens is 333 g/mol.